The van der Waals surface area contributed by atoms with Gasteiger partial charge in [-0.15, -0.1) is 5.10 Å². The second-order valence-corrected chi connectivity index (χ2v) is 4.48. The normalized spacial score (nSPS) is 10.2. The van der Waals surface area contributed by atoms with Gasteiger partial charge in [-0.1, -0.05) is 5.21 Å². The van der Waals surface area contributed by atoms with Gasteiger partial charge in [0.2, 0.25) is 11.6 Å². The van der Waals surface area contributed by atoms with Gasteiger partial charge in [-0.25, -0.2) is 9.48 Å². The highest BCUT2D eigenvalue weighted by atomic mass is 16.5. The zero-order valence-corrected chi connectivity index (χ0v) is 12.8. The third-order valence-corrected chi connectivity index (χ3v) is 2.89. The average molecular weight is 319 g/mol. The number of amides is 1. The summed E-state index contributed by atoms with van der Waals surface area (Å²) >= 11 is 0. The molecule has 0 atom stereocenters. The third-order valence-electron chi connectivity index (χ3n) is 2.89. The number of rotatable bonds is 6. The lowest BCUT2D eigenvalue weighted by Crippen LogP contribution is -2.21. The lowest BCUT2D eigenvalue weighted by Gasteiger charge is -2.07. The summed E-state index contributed by atoms with van der Waals surface area (Å²) in [6, 6.07) is 6.93. The molecule has 0 bridgehead atoms. The summed E-state index contributed by atoms with van der Waals surface area (Å²) in [7, 11) is 1.21. The fourth-order valence-corrected chi connectivity index (χ4v) is 1.82. The van der Waals surface area contributed by atoms with Crippen molar-refractivity contribution in [2.75, 3.05) is 24.8 Å². The van der Waals surface area contributed by atoms with Crippen molar-refractivity contribution in [1.82, 2.24) is 15.0 Å². The number of aromatic nitrogens is 3. The van der Waals surface area contributed by atoms with Crippen LogP contribution in [0.4, 0.5) is 11.5 Å². The highest BCUT2D eigenvalue weighted by Crippen LogP contribution is 2.16. The number of ether oxygens (including phenoxy) is 2. The van der Waals surface area contributed by atoms with Gasteiger partial charge in [0.15, 0.2) is 5.82 Å². The Bertz CT molecular complexity index is 696. The number of benzene rings is 1. The maximum atomic E-state index is 12.0. The van der Waals surface area contributed by atoms with E-state index in [1.54, 1.807) is 24.3 Å². The van der Waals surface area contributed by atoms with E-state index < -0.39 is 5.97 Å². The molecule has 0 spiro atoms. The van der Waals surface area contributed by atoms with Gasteiger partial charge in [0, 0.05) is 5.69 Å². The van der Waals surface area contributed by atoms with Crippen molar-refractivity contribution in [3.8, 4) is 5.75 Å². The Morgan fingerprint density at radius 2 is 2.00 bits per heavy atom. The molecule has 1 aromatic carbocycles. The van der Waals surface area contributed by atoms with Crippen LogP contribution in [0.15, 0.2) is 24.3 Å². The van der Waals surface area contributed by atoms with Crippen LogP contribution in [-0.2, 0) is 16.1 Å². The molecule has 0 radical (unpaired) electrons. The van der Waals surface area contributed by atoms with Gasteiger partial charge in [0.25, 0.3) is 0 Å². The lowest BCUT2D eigenvalue weighted by molar-refractivity contribution is -0.116. The number of nitrogen functional groups attached to an aromatic ring is 1. The first kappa shape index (κ1) is 16.3. The number of nitrogens with one attached hydrogen (secondary N) is 1. The van der Waals surface area contributed by atoms with Crippen molar-refractivity contribution < 1.29 is 19.1 Å². The molecule has 9 nitrogen and oxygen atoms in total. The van der Waals surface area contributed by atoms with Crippen LogP contribution in [0.1, 0.15) is 17.4 Å². The Hall–Kier alpha value is -3.10. The van der Waals surface area contributed by atoms with E-state index in [1.165, 1.54) is 7.11 Å². The van der Waals surface area contributed by atoms with Crippen LogP contribution in [0.5, 0.6) is 5.75 Å². The Morgan fingerprint density at radius 1 is 1.30 bits per heavy atom. The lowest BCUT2D eigenvalue weighted by atomic mass is 10.3. The van der Waals surface area contributed by atoms with Crippen LogP contribution in [-0.4, -0.2) is 40.6 Å². The first-order valence-electron chi connectivity index (χ1n) is 6.85. The summed E-state index contributed by atoms with van der Waals surface area (Å²) in [5.41, 5.74) is 6.19. The minimum atomic E-state index is -0.708. The first-order valence-corrected chi connectivity index (χ1v) is 6.85. The van der Waals surface area contributed by atoms with E-state index in [0.29, 0.717) is 18.0 Å². The number of nitrogens with zero attached hydrogens (tertiary/aromatic N) is 3. The molecule has 9 heteroatoms. The van der Waals surface area contributed by atoms with E-state index in [-0.39, 0.29) is 24.0 Å². The molecule has 3 N–H and O–H groups in total. The second-order valence-electron chi connectivity index (χ2n) is 4.48. The zero-order chi connectivity index (χ0) is 16.8. The average Bonchev–Trinajstić information content (AvgIpc) is 2.90. The maximum Gasteiger partial charge on any atom is 0.362 e. The molecular weight excluding hydrogens is 302 g/mol. The number of anilines is 2. The summed E-state index contributed by atoms with van der Waals surface area (Å²) in [6.45, 7) is 2.28. The standard InChI is InChI=1S/C14H17N5O4/c1-3-23-10-6-4-9(5-7-10)16-11(20)8-19-13(15)12(17-18-19)14(21)22-2/h4-7H,3,8,15H2,1-2H3,(H,16,20). The smallest absolute Gasteiger partial charge is 0.362 e. The predicted molar refractivity (Wildman–Crippen MR) is 82.0 cm³/mol. The summed E-state index contributed by atoms with van der Waals surface area (Å²) in [4.78, 5) is 23.4. The van der Waals surface area contributed by atoms with Crippen molar-refractivity contribution in [2.24, 2.45) is 0 Å². The van der Waals surface area contributed by atoms with Gasteiger partial charge in [0.05, 0.1) is 13.7 Å². The van der Waals surface area contributed by atoms with Crippen LogP contribution in [0.25, 0.3) is 0 Å². The van der Waals surface area contributed by atoms with E-state index >= 15 is 0 Å². The minimum absolute atomic E-state index is 0.0290. The van der Waals surface area contributed by atoms with E-state index in [4.69, 9.17) is 10.5 Å². The summed E-state index contributed by atoms with van der Waals surface area (Å²) in [6.07, 6.45) is 0. The van der Waals surface area contributed by atoms with Gasteiger partial charge < -0.3 is 20.5 Å². The van der Waals surface area contributed by atoms with Gasteiger partial charge in [-0.05, 0) is 31.2 Å². The predicted octanol–water partition coefficient (Wildman–Crippen LogP) is 0.684. The Morgan fingerprint density at radius 3 is 2.61 bits per heavy atom. The molecule has 1 aromatic heterocycles. The number of nitrogens with two attached hydrogens (primary N) is 1. The number of esters is 1. The van der Waals surface area contributed by atoms with Gasteiger partial charge in [0.1, 0.15) is 12.3 Å². The highest BCUT2D eigenvalue weighted by Gasteiger charge is 2.19. The van der Waals surface area contributed by atoms with Gasteiger partial charge >= 0.3 is 5.97 Å². The van der Waals surface area contributed by atoms with Crippen molar-refractivity contribution >= 4 is 23.4 Å². The van der Waals surface area contributed by atoms with Crippen LogP contribution in [0.3, 0.4) is 0 Å². The molecule has 23 heavy (non-hydrogen) atoms. The molecule has 0 saturated heterocycles. The monoisotopic (exact) mass is 319 g/mol. The van der Waals surface area contributed by atoms with Gasteiger partial charge in [-0.2, -0.15) is 0 Å². The molecule has 2 aromatic rings. The molecule has 0 aliphatic rings. The minimum Gasteiger partial charge on any atom is -0.494 e. The van der Waals surface area contributed by atoms with Crippen molar-refractivity contribution in [3.63, 3.8) is 0 Å². The third kappa shape index (κ3) is 3.96. The number of carbonyl (C=O) groups excluding carboxylic acids is 2. The van der Waals surface area contributed by atoms with E-state index in [2.05, 4.69) is 20.4 Å². The van der Waals surface area contributed by atoms with Crippen molar-refractivity contribution in [3.05, 3.63) is 30.0 Å². The largest absolute Gasteiger partial charge is 0.494 e. The quantitative estimate of drug-likeness (QED) is 0.751. The van der Waals surface area contributed by atoms with E-state index in [9.17, 15) is 9.59 Å². The molecule has 0 unspecified atom stereocenters. The Kier molecular flexibility index (Phi) is 5.13. The van der Waals surface area contributed by atoms with Crippen molar-refractivity contribution in [2.45, 2.75) is 13.5 Å². The molecule has 1 heterocycles. The van der Waals surface area contributed by atoms with Crippen molar-refractivity contribution in [1.29, 1.82) is 0 Å². The van der Waals surface area contributed by atoms with Gasteiger partial charge in [-0.3, -0.25) is 4.79 Å². The topological polar surface area (TPSA) is 121 Å². The van der Waals surface area contributed by atoms with E-state index in [1.807, 2.05) is 6.92 Å². The molecule has 122 valence electrons. The highest BCUT2D eigenvalue weighted by molar-refractivity contribution is 5.93. The Balaban J connectivity index is 1.99. The number of carbonyl (C=O) groups is 2. The molecule has 1 amide bonds. The van der Waals surface area contributed by atoms with E-state index in [0.717, 1.165) is 4.68 Å². The molecule has 0 aliphatic heterocycles. The van der Waals surface area contributed by atoms with Crippen LogP contribution in [0.2, 0.25) is 0 Å². The molecule has 0 fully saturated rings. The molecule has 0 saturated carbocycles. The summed E-state index contributed by atoms with van der Waals surface area (Å²) < 4.78 is 11.0. The molecule has 0 aliphatic carbocycles. The molecular formula is C14H17N5O4. The van der Waals surface area contributed by atoms with Crippen LogP contribution in [0, 0.1) is 0 Å². The number of hydrogen-bond acceptors (Lipinski definition) is 7. The SMILES string of the molecule is CCOc1ccc(NC(=O)Cn2nnc(C(=O)OC)c2N)cc1. The maximum absolute atomic E-state index is 12.0. The van der Waals surface area contributed by atoms with Crippen LogP contribution >= 0.6 is 0 Å². The number of methoxy groups -OCH3 is 1. The number of hydrogen-bond donors (Lipinski definition) is 2. The second kappa shape index (κ2) is 7.25. The molecule has 2 rings (SSSR count). The fourth-order valence-electron chi connectivity index (χ4n) is 1.82. The summed E-state index contributed by atoms with van der Waals surface area (Å²) in [5, 5.41) is 9.94. The Labute approximate surface area is 132 Å². The first-order chi connectivity index (χ1) is 11.0. The van der Waals surface area contributed by atoms with Crippen LogP contribution < -0.4 is 15.8 Å². The summed E-state index contributed by atoms with van der Waals surface area (Å²) in [5.74, 6) is -0.379. The fraction of sp³-hybridized carbons (Fsp3) is 0.286. The zero-order valence-electron chi connectivity index (χ0n) is 12.8.